The molecule has 0 spiro atoms. The predicted molar refractivity (Wildman–Crippen MR) is 118 cm³/mol. The van der Waals surface area contributed by atoms with Crippen LogP contribution >= 0.6 is 0 Å². The molecule has 1 aliphatic rings. The minimum absolute atomic E-state index is 0.0220. The summed E-state index contributed by atoms with van der Waals surface area (Å²) in [6.45, 7) is 3.45. The lowest BCUT2D eigenvalue weighted by Crippen LogP contribution is -2.33. The topological polar surface area (TPSA) is 122 Å². The van der Waals surface area contributed by atoms with Crippen LogP contribution in [0.4, 0.5) is 10.6 Å². The molecule has 1 aliphatic carbocycles. The van der Waals surface area contributed by atoms with Crippen LogP contribution in [0, 0.1) is 12.3 Å². The Labute approximate surface area is 186 Å². The lowest BCUT2D eigenvalue weighted by molar-refractivity contribution is -0.118. The van der Waals surface area contributed by atoms with Gasteiger partial charge in [0, 0.05) is 29.3 Å². The standard InChI is InChI=1S/C23H26N4O5/c1-4-15-6-5-7-20(18(15)12-28)31-13-22(29)25-21-11-19(26-27-21)16-8-9-17(10-16)32-23(30)24-14(2)3/h1,5-7,11-12,14,16-17H,8-10,13H2,2-3H3,(H,24,30)(H2,25,26,27,29)/t16-,17+/m0/s1. The largest absolute Gasteiger partial charge is 0.483 e. The summed E-state index contributed by atoms with van der Waals surface area (Å²) in [6.07, 6.45) is 7.71. The SMILES string of the molecule is C#Cc1cccc(OCC(=O)Nc2cc([C@H]3CC[C@@H](OC(=O)NC(C)C)C3)[nH]n2)c1C=O. The first-order valence-corrected chi connectivity index (χ1v) is 10.4. The van der Waals surface area contributed by atoms with E-state index in [1.807, 2.05) is 13.8 Å². The van der Waals surface area contributed by atoms with Gasteiger partial charge in [-0.25, -0.2) is 4.79 Å². The summed E-state index contributed by atoms with van der Waals surface area (Å²) in [5.74, 6) is 2.74. The number of carbonyl (C=O) groups is 3. The van der Waals surface area contributed by atoms with E-state index in [1.54, 1.807) is 24.3 Å². The van der Waals surface area contributed by atoms with E-state index >= 15 is 0 Å². The molecule has 1 heterocycles. The molecule has 2 aromatic rings. The first-order chi connectivity index (χ1) is 15.4. The van der Waals surface area contributed by atoms with Crippen molar-refractivity contribution in [2.75, 3.05) is 11.9 Å². The van der Waals surface area contributed by atoms with Gasteiger partial charge in [-0.05, 0) is 45.2 Å². The smallest absolute Gasteiger partial charge is 0.407 e. The van der Waals surface area contributed by atoms with Gasteiger partial charge >= 0.3 is 6.09 Å². The zero-order valence-electron chi connectivity index (χ0n) is 18.0. The Morgan fingerprint density at radius 1 is 1.38 bits per heavy atom. The van der Waals surface area contributed by atoms with Gasteiger partial charge in [0.05, 0.1) is 5.56 Å². The molecule has 2 atom stereocenters. The zero-order valence-corrected chi connectivity index (χ0v) is 18.0. The Balaban J connectivity index is 1.50. The van der Waals surface area contributed by atoms with Crippen LogP contribution in [-0.2, 0) is 9.53 Å². The molecule has 0 radical (unpaired) electrons. The van der Waals surface area contributed by atoms with E-state index in [-0.39, 0.29) is 36.0 Å². The van der Waals surface area contributed by atoms with Crippen molar-refractivity contribution in [3.05, 3.63) is 41.1 Å². The number of alkyl carbamates (subject to hydrolysis) is 1. The van der Waals surface area contributed by atoms with E-state index in [0.717, 1.165) is 18.5 Å². The summed E-state index contributed by atoms with van der Waals surface area (Å²) >= 11 is 0. The number of ether oxygens (including phenoxy) is 2. The van der Waals surface area contributed by atoms with Gasteiger partial charge in [0.2, 0.25) is 0 Å². The maximum atomic E-state index is 12.2. The van der Waals surface area contributed by atoms with Crippen molar-refractivity contribution in [2.45, 2.75) is 51.2 Å². The number of benzene rings is 1. The normalized spacial score (nSPS) is 17.4. The molecular weight excluding hydrogens is 412 g/mol. The highest BCUT2D eigenvalue weighted by atomic mass is 16.6. The second-order valence-electron chi connectivity index (χ2n) is 7.86. The Hall–Kier alpha value is -3.80. The molecule has 2 amide bonds. The summed E-state index contributed by atoms with van der Waals surface area (Å²) in [5, 5.41) is 12.4. The minimum Gasteiger partial charge on any atom is -0.483 e. The Kier molecular flexibility index (Phi) is 7.49. The van der Waals surface area contributed by atoms with E-state index < -0.39 is 12.0 Å². The fourth-order valence-corrected chi connectivity index (χ4v) is 3.60. The summed E-state index contributed by atoms with van der Waals surface area (Å²) in [4.78, 5) is 35.3. The summed E-state index contributed by atoms with van der Waals surface area (Å²) < 4.78 is 10.9. The van der Waals surface area contributed by atoms with E-state index in [1.165, 1.54) is 0 Å². The highest BCUT2D eigenvalue weighted by Gasteiger charge is 2.30. The van der Waals surface area contributed by atoms with Crippen molar-refractivity contribution in [1.29, 1.82) is 0 Å². The van der Waals surface area contributed by atoms with Crippen LogP contribution in [0.2, 0.25) is 0 Å². The van der Waals surface area contributed by atoms with Crippen LogP contribution in [0.5, 0.6) is 5.75 Å². The number of aromatic amines is 1. The van der Waals surface area contributed by atoms with Gasteiger partial charge in [-0.2, -0.15) is 5.10 Å². The van der Waals surface area contributed by atoms with Crippen molar-refractivity contribution < 1.29 is 23.9 Å². The molecule has 0 bridgehead atoms. The number of terminal acetylenes is 1. The van der Waals surface area contributed by atoms with Crippen molar-refractivity contribution in [2.24, 2.45) is 0 Å². The maximum absolute atomic E-state index is 12.2. The average Bonchev–Trinajstić information content (AvgIpc) is 3.40. The van der Waals surface area contributed by atoms with Crippen molar-refractivity contribution in [1.82, 2.24) is 15.5 Å². The van der Waals surface area contributed by atoms with Gasteiger partial charge in [-0.3, -0.25) is 14.7 Å². The monoisotopic (exact) mass is 438 g/mol. The number of H-pyrrole nitrogens is 1. The number of aromatic nitrogens is 2. The molecule has 1 aromatic heterocycles. The Morgan fingerprint density at radius 2 is 2.19 bits per heavy atom. The maximum Gasteiger partial charge on any atom is 0.407 e. The van der Waals surface area contributed by atoms with Gasteiger partial charge in [-0.15, -0.1) is 6.42 Å². The van der Waals surface area contributed by atoms with Crippen molar-refractivity contribution >= 4 is 24.1 Å². The quantitative estimate of drug-likeness (QED) is 0.430. The molecule has 168 valence electrons. The van der Waals surface area contributed by atoms with Gasteiger partial charge < -0.3 is 20.1 Å². The first-order valence-electron chi connectivity index (χ1n) is 10.4. The fourth-order valence-electron chi connectivity index (χ4n) is 3.60. The van der Waals surface area contributed by atoms with Crippen molar-refractivity contribution in [3.8, 4) is 18.1 Å². The van der Waals surface area contributed by atoms with Gasteiger partial charge in [0.15, 0.2) is 18.7 Å². The molecule has 1 fully saturated rings. The Bertz CT molecular complexity index is 1020. The summed E-state index contributed by atoms with van der Waals surface area (Å²) in [5.41, 5.74) is 1.49. The molecule has 0 saturated heterocycles. The number of nitrogens with zero attached hydrogens (tertiary/aromatic N) is 1. The van der Waals surface area contributed by atoms with Gasteiger partial charge in [0.1, 0.15) is 11.9 Å². The van der Waals surface area contributed by atoms with Crippen LogP contribution in [-0.4, -0.2) is 47.2 Å². The lowest BCUT2D eigenvalue weighted by Gasteiger charge is -2.14. The van der Waals surface area contributed by atoms with E-state index in [4.69, 9.17) is 15.9 Å². The van der Waals surface area contributed by atoms with Gasteiger partial charge in [0.25, 0.3) is 5.91 Å². The van der Waals surface area contributed by atoms with E-state index in [9.17, 15) is 14.4 Å². The third kappa shape index (κ3) is 5.88. The number of hydrogen-bond donors (Lipinski definition) is 3. The Morgan fingerprint density at radius 3 is 2.91 bits per heavy atom. The third-order valence-corrected chi connectivity index (χ3v) is 5.07. The number of hydrogen-bond acceptors (Lipinski definition) is 6. The molecular formula is C23H26N4O5. The molecule has 0 unspecified atom stereocenters. The molecule has 32 heavy (non-hydrogen) atoms. The average molecular weight is 438 g/mol. The van der Waals surface area contributed by atoms with Crippen LogP contribution in [0.1, 0.15) is 60.6 Å². The summed E-state index contributed by atoms with van der Waals surface area (Å²) in [7, 11) is 0. The number of anilines is 1. The summed E-state index contributed by atoms with van der Waals surface area (Å²) in [6, 6.07) is 6.63. The second-order valence-corrected chi connectivity index (χ2v) is 7.86. The first kappa shape index (κ1) is 22.9. The van der Waals surface area contributed by atoms with Crippen LogP contribution < -0.4 is 15.4 Å². The second kappa shape index (κ2) is 10.5. The fraction of sp³-hybridized carbons (Fsp3) is 0.391. The van der Waals surface area contributed by atoms with Crippen LogP contribution in [0.15, 0.2) is 24.3 Å². The number of nitrogens with one attached hydrogen (secondary N) is 3. The highest BCUT2D eigenvalue weighted by molar-refractivity contribution is 5.91. The highest BCUT2D eigenvalue weighted by Crippen LogP contribution is 2.35. The number of carbonyl (C=O) groups excluding carboxylic acids is 3. The predicted octanol–water partition coefficient (Wildman–Crippen LogP) is 2.99. The number of aldehydes is 1. The molecule has 1 aromatic carbocycles. The number of rotatable bonds is 8. The lowest BCUT2D eigenvalue weighted by atomic mass is 10.0. The molecule has 3 N–H and O–H groups in total. The molecule has 1 saturated carbocycles. The van der Waals surface area contributed by atoms with E-state index in [0.29, 0.717) is 24.1 Å². The zero-order chi connectivity index (χ0) is 23.1. The number of amides is 2. The van der Waals surface area contributed by atoms with E-state index in [2.05, 4.69) is 26.8 Å². The molecule has 9 nitrogen and oxygen atoms in total. The van der Waals surface area contributed by atoms with Crippen LogP contribution in [0.25, 0.3) is 0 Å². The molecule has 3 rings (SSSR count). The molecule has 0 aliphatic heterocycles. The van der Waals surface area contributed by atoms with Crippen LogP contribution in [0.3, 0.4) is 0 Å². The van der Waals surface area contributed by atoms with Crippen molar-refractivity contribution in [3.63, 3.8) is 0 Å². The third-order valence-electron chi connectivity index (χ3n) is 5.07. The molecule has 9 heteroatoms. The van der Waals surface area contributed by atoms with Gasteiger partial charge in [-0.1, -0.05) is 12.0 Å². The minimum atomic E-state index is -0.427.